The van der Waals surface area contributed by atoms with Gasteiger partial charge in [-0.2, -0.15) is 0 Å². The fourth-order valence-electron chi connectivity index (χ4n) is 8.01. The highest BCUT2D eigenvalue weighted by molar-refractivity contribution is 7.90. The molecule has 1 N–H and O–H groups in total. The van der Waals surface area contributed by atoms with E-state index in [0.29, 0.717) is 42.8 Å². The number of aliphatic hydroxyl groups is 1. The molecule has 1 saturated carbocycles. The zero-order chi connectivity index (χ0) is 33.7. The van der Waals surface area contributed by atoms with E-state index in [9.17, 15) is 13.5 Å². The second-order valence-corrected chi connectivity index (χ2v) is 20.7. The number of rotatable bonds is 8. The standard InChI is InChI=1S/C40H44N2O4SSi/c1-29-19-21-33(22-20-29)47(44,45)42-37-18-12-11-13-30(37)26-38(42)36-25-32-27-40(43,41-36)24-23-31(32)28-46-48(39(2,3)4,34-14-7-5-8-15-34)35-16-9-6-10-17-35/h5-22,26,31-32,43H,23-25,27-28H2,1-4H3. The number of benzene rings is 4. The average molecular weight is 677 g/mol. The van der Waals surface area contributed by atoms with Crippen molar-refractivity contribution in [2.45, 2.75) is 69.0 Å². The molecule has 48 heavy (non-hydrogen) atoms. The highest BCUT2D eigenvalue weighted by atomic mass is 32.2. The third-order valence-corrected chi connectivity index (χ3v) is 17.2. The van der Waals surface area contributed by atoms with Crippen molar-refractivity contribution >= 4 is 45.3 Å². The lowest BCUT2D eigenvalue weighted by molar-refractivity contribution is -0.0417. The van der Waals surface area contributed by atoms with Gasteiger partial charge in [0.15, 0.2) is 5.72 Å². The summed E-state index contributed by atoms with van der Waals surface area (Å²) in [5.41, 5.74) is 1.51. The van der Waals surface area contributed by atoms with Crippen molar-refractivity contribution in [2.75, 3.05) is 6.61 Å². The number of fused-ring (bicyclic) bond motifs is 3. The van der Waals surface area contributed by atoms with Crippen LogP contribution in [0.3, 0.4) is 0 Å². The van der Waals surface area contributed by atoms with Crippen LogP contribution in [0.15, 0.2) is 125 Å². The molecule has 5 aromatic rings. The number of aliphatic imine (C=N–C) groups is 1. The lowest BCUT2D eigenvalue weighted by atomic mass is 9.71. The van der Waals surface area contributed by atoms with Crippen LogP contribution in [0, 0.1) is 18.8 Å². The summed E-state index contributed by atoms with van der Waals surface area (Å²) in [7, 11) is -6.70. The van der Waals surface area contributed by atoms with E-state index in [0.717, 1.165) is 17.4 Å². The van der Waals surface area contributed by atoms with Crippen molar-refractivity contribution < 1.29 is 18.0 Å². The number of para-hydroxylation sites is 1. The SMILES string of the molecule is Cc1ccc(S(=O)(=O)n2c(C3=NC4(O)CCC(CO[Si](c5ccccc5)(c5ccccc5)C(C)(C)C)C(C3)C4)cc3ccccc32)cc1. The van der Waals surface area contributed by atoms with Crippen molar-refractivity contribution in [3.8, 4) is 0 Å². The topological polar surface area (TPSA) is 80.9 Å². The molecule has 3 unspecified atom stereocenters. The molecule has 1 aliphatic heterocycles. The van der Waals surface area contributed by atoms with Crippen LogP contribution in [0.5, 0.6) is 0 Å². The molecule has 0 radical (unpaired) electrons. The van der Waals surface area contributed by atoms with Crippen LogP contribution < -0.4 is 10.4 Å². The summed E-state index contributed by atoms with van der Waals surface area (Å²) < 4.78 is 37.4. The molecular formula is C40H44N2O4SSi. The molecule has 1 aliphatic carbocycles. The Kier molecular flexibility index (Phi) is 8.35. The van der Waals surface area contributed by atoms with Crippen LogP contribution in [0.2, 0.25) is 5.04 Å². The van der Waals surface area contributed by atoms with E-state index in [4.69, 9.17) is 9.42 Å². The monoisotopic (exact) mass is 676 g/mol. The van der Waals surface area contributed by atoms with Crippen LogP contribution in [-0.2, 0) is 14.4 Å². The summed E-state index contributed by atoms with van der Waals surface area (Å²) in [6.07, 6.45) is 2.40. The van der Waals surface area contributed by atoms with E-state index in [1.165, 1.54) is 14.3 Å². The molecule has 2 heterocycles. The Morgan fingerprint density at radius 3 is 2.12 bits per heavy atom. The van der Waals surface area contributed by atoms with Gasteiger partial charge in [-0.15, -0.1) is 0 Å². The smallest absolute Gasteiger partial charge is 0.268 e. The summed E-state index contributed by atoms with van der Waals surface area (Å²) in [6, 6.07) is 37.8. The zero-order valence-corrected chi connectivity index (χ0v) is 30.0. The number of nitrogens with zero attached hydrogens (tertiary/aromatic N) is 2. The van der Waals surface area contributed by atoms with Crippen LogP contribution in [0.1, 0.15) is 57.7 Å². The van der Waals surface area contributed by atoms with Gasteiger partial charge in [0.2, 0.25) is 0 Å². The first-order valence-corrected chi connectivity index (χ1v) is 20.3. The molecule has 0 amide bonds. The predicted molar refractivity (Wildman–Crippen MR) is 196 cm³/mol. The normalized spacial score (nSPS) is 21.6. The maximum absolute atomic E-state index is 14.3. The molecule has 1 aromatic heterocycles. The van der Waals surface area contributed by atoms with E-state index in [1.54, 1.807) is 12.1 Å². The number of hydrogen-bond donors (Lipinski definition) is 1. The summed E-state index contributed by atoms with van der Waals surface area (Å²) in [5.74, 6) is 0.270. The van der Waals surface area contributed by atoms with E-state index in [2.05, 4.69) is 81.4 Å². The molecule has 248 valence electrons. The minimum Gasteiger partial charge on any atom is -0.407 e. The Labute approximate surface area is 285 Å². The van der Waals surface area contributed by atoms with E-state index in [1.807, 2.05) is 49.4 Å². The minimum atomic E-state index is -3.95. The molecule has 0 saturated heterocycles. The summed E-state index contributed by atoms with van der Waals surface area (Å²) in [5, 5.41) is 15.0. The van der Waals surface area contributed by atoms with Gasteiger partial charge >= 0.3 is 0 Å². The lowest BCUT2D eigenvalue weighted by Crippen LogP contribution is -2.67. The molecule has 2 aliphatic rings. The van der Waals surface area contributed by atoms with E-state index >= 15 is 0 Å². The van der Waals surface area contributed by atoms with Gasteiger partial charge in [0.25, 0.3) is 18.3 Å². The van der Waals surface area contributed by atoms with E-state index < -0.39 is 24.1 Å². The Hall–Kier alpha value is -3.82. The van der Waals surface area contributed by atoms with Gasteiger partial charge in [0, 0.05) is 18.4 Å². The second kappa shape index (κ2) is 12.3. The third-order valence-electron chi connectivity index (χ3n) is 10.4. The quantitative estimate of drug-likeness (QED) is 0.179. The molecule has 3 atom stereocenters. The second-order valence-electron chi connectivity index (χ2n) is 14.7. The number of aromatic nitrogens is 1. The lowest BCUT2D eigenvalue weighted by Gasteiger charge is -2.47. The first-order valence-electron chi connectivity index (χ1n) is 16.9. The molecule has 1 fully saturated rings. The van der Waals surface area contributed by atoms with Crippen LogP contribution in [0.4, 0.5) is 0 Å². The molecular weight excluding hydrogens is 633 g/mol. The summed E-state index contributed by atoms with van der Waals surface area (Å²) in [4.78, 5) is 5.14. The van der Waals surface area contributed by atoms with Crippen molar-refractivity contribution in [3.63, 3.8) is 0 Å². The van der Waals surface area contributed by atoms with E-state index in [-0.39, 0.29) is 21.8 Å². The summed E-state index contributed by atoms with van der Waals surface area (Å²) in [6.45, 7) is 9.37. The molecule has 2 bridgehead atoms. The number of hydrogen-bond acceptors (Lipinski definition) is 5. The van der Waals surface area contributed by atoms with Gasteiger partial charge in [-0.3, -0.25) is 4.99 Å². The first kappa shape index (κ1) is 32.7. The summed E-state index contributed by atoms with van der Waals surface area (Å²) >= 11 is 0. The zero-order valence-electron chi connectivity index (χ0n) is 28.1. The largest absolute Gasteiger partial charge is 0.407 e. The molecule has 4 aromatic carbocycles. The van der Waals surface area contributed by atoms with Gasteiger partial charge in [-0.25, -0.2) is 12.4 Å². The van der Waals surface area contributed by atoms with Crippen LogP contribution in [-0.4, -0.2) is 43.9 Å². The molecule has 7 rings (SSSR count). The van der Waals surface area contributed by atoms with Crippen molar-refractivity contribution in [3.05, 3.63) is 127 Å². The molecule has 8 heteroatoms. The Balaban J connectivity index is 1.26. The van der Waals surface area contributed by atoms with Crippen LogP contribution in [0.25, 0.3) is 10.9 Å². The Morgan fingerprint density at radius 1 is 0.896 bits per heavy atom. The van der Waals surface area contributed by atoms with Crippen molar-refractivity contribution in [2.24, 2.45) is 16.8 Å². The first-order chi connectivity index (χ1) is 22.9. The van der Waals surface area contributed by atoms with Gasteiger partial charge in [-0.05, 0) is 77.7 Å². The van der Waals surface area contributed by atoms with Gasteiger partial charge in [0.05, 0.1) is 21.8 Å². The Bertz CT molecular complexity index is 2030. The molecule has 0 spiro atoms. The fraction of sp³-hybridized carbons (Fsp3) is 0.325. The van der Waals surface area contributed by atoms with Crippen molar-refractivity contribution in [1.82, 2.24) is 3.97 Å². The highest BCUT2D eigenvalue weighted by Crippen LogP contribution is 2.46. The molecule has 6 nitrogen and oxygen atoms in total. The van der Waals surface area contributed by atoms with Gasteiger partial charge < -0.3 is 9.53 Å². The average Bonchev–Trinajstić information content (AvgIpc) is 3.47. The van der Waals surface area contributed by atoms with Crippen molar-refractivity contribution in [1.29, 1.82) is 0 Å². The Morgan fingerprint density at radius 2 is 1.50 bits per heavy atom. The van der Waals surface area contributed by atoms with Gasteiger partial charge in [0.1, 0.15) is 0 Å². The van der Waals surface area contributed by atoms with Gasteiger partial charge in [-0.1, -0.05) is 117 Å². The highest BCUT2D eigenvalue weighted by Gasteiger charge is 2.52. The number of aryl methyl sites for hydroxylation is 1. The predicted octanol–water partition coefficient (Wildman–Crippen LogP) is 7.06. The fourth-order valence-corrected chi connectivity index (χ4v) is 14.2. The van der Waals surface area contributed by atoms with Crippen LogP contribution >= 0.6 is 0 Å². The maximum atomic E-state index is 14.3. The third kappa shape index (κ3) is 5.68. The maximum Gasteiger partial charge on any atom is 0.268 e. The minimum absolute atomic E-state index is 0.0861.